The van der Waals surface area contributed by atoms with Crippen molar-refractivity contribution in [1.82, 2.24) is 5.32 Å². The average molecular weight is 317 g/mol. The van der Waals surface area contributed by atoms with E-state index in [1.54, 1.807) is 0 Å². The molecule has 0 radical (unpaired) electrons. The zero-order valence-corrected chi connectivity index (χ0v) is 12.8. The smallest absolute Gasteiger partial charge is 0.222 e. The van der Waals surface area contributed by atoms with Crippen molar-refractivity contribution >= 4 is 23.2 Å². The number of benzene rings is 2. The number of fused-ring (bicyclic) bond motifs is 1. The highest BCUT2D eigenvalue weighted by Gasteiger charge is 2.20. The molecule has 2 aromatic carbocycles. The number of carbonyl (C=O) groups is 1. The Morgan fingerprint density at radius 3 is 2.82 bits per heavy atom. The Balaban J connectivity index is 1.49. The van der Waals surface area contributed by atoms with Crippen LogP contribution in [0.25, 0.3) is 0 Å². The molecule has 2 N–H and O–H groups in total. The van der Waals surface area contributed by atoms with Crippen LogP contribution < -0.4 is 15.4 Å². The first-order chi connectivity index (χ1) is 10.7. The van der Waals surface area contributed by atoms with E-state index in [9.17, 15) is 4.79 Å². The fourth-order valence-corrected chi connectivity index (χ4v) is 2.50. The average Bonchev–Trinajstić information content (AvgIpc) is 2.54. The molecule has 0 aliphatic carbocycles. The van der Waals surface area contributed by atoms with Crippen LogP contribution in [0.4, 0.5) is 5.69 Å². The number of hydrogen-bond acceptors (Lipinski definition) is 3. The van der Waals surface area contributed by atoms with Crippen LogP contribution in [0.15, 0.2) is 48.5 Å². The van der Waals surface area contributed by atoms with E-state index in [0.29, 0.717) is 24.6 Å². The molecule has 1 aliphatic heterocycles. The minimum atomic E-state index is -0.0138. The minimum Gasteiger partial charge on any atom is -0.489 e. The molecule has 0 aromatic heterocycles. The van der Waals surface area contributed by atoms with E-state index in [1.165, 1.54) is 0 Å². The molecule has 114 valence electrons. The topological polar surface area (TPSA) is 50.4 Å². The predicted octanol–water partition coefficient (Wildman–Crippen LogP) is 3.22. The number of anilines is 1. The molecule has 2 aromatic rings. The summed E-state index contributed by atoms with van der Waals surface area (Å²) in [7, 11) is 0. The molecule has 0 spiro atoms. The molecule has 0 bridgehead atoms. The van der Waals surface area contributed by atoms with Gasteiger partial charge in [0.25, 0.3) is 0 Å². The van der Waals surface area contributed by atoms with Crippen LogP contribution in [0.3, 0.4) is 0 Å². The van der Waals surface area contributed by atoms with E-state index in [-0.39, 0.29) is 11.9 Å². The third-order valence-corrected chi connectivity index (χ3v) is 3.77. The highest BCUT2D eigenvalue weighted by molar-refractivity contribution is 6.30. The lowest BCUT2D eigenvalue weighted by Crippen LogP contribution is -2.37. The quantitative estimate of drug-likeness (QED) is 0.910. The van der Waals surface area contributed by atoms with Crippen LogP contribution in [0.5, 0.6) is 5.75 Å². The summed E-state index contributed by atoms with van der Waals surface area (Å²) in [6.07, 6.45) is 0.377. The van der Waals surface area contributed by atoms with E-state index in [4.69, 9.17) is 16.3 Å². The van der Waals surface area contributed by atoms with Gasteiger partial charge in [-0.3, -0.25) is 4.79 Å². The van der Waals surface area contributed by atoms with Gasteiger partial charge < -0.3 is 15.4 Å². The number of carbonyl (C=O) groups excluding carboxylic acids is 1. The fourth-order valence-electron chi connectivity index (χ4n) is 2.37. The van der Waals surface area contributed by atoms with Crippen molar-refractivity contribution in [1.29, 1.82) is 0 Å². The maximum Gasteiger partial charge on any atom is 0.222 e. The second kappa shape index (κ2) is 6.71. The molecule has 1 amide bonds. The molecule has 4 nitrogen and oxygen atoms in total. The number of amides is 1. The third-order valence-electron chi connectivity index (χ3n) is 3.52. The van der Waals surface area contributed by atoms with Gasteiger partial charge in [-0.15, -0.1) is 0 Å². The van der Waals surface area contributed by atoms with Crippen molar-refractivity contribution in [3.63, 3.8) is 0 Å². The summed E-state index contributed by atoms with van der Waals surface area (Å²) in [5.41, 5.74) is 1.96. The van der Waals surface area contributed by atoms with E-state index in [2.05, 4.69) is 10.6 Å². The number of para-hydroxylation sites is 2. The van der Waals surface area contributed by atoms with Crippen LogP contribution >= 0.6 is 11.6 Å². The first-order valence-corrected chi connectivity index (χ1v) is 7.58. The predicted molar refractivity (Wildman–Crippen MR) is 87.3 cm³/mol. The largest absolute Gasteiger partial charge is 0.489 e. The molecular formula is C17H17ClN2O2. The lowest BCUT2D eigenvalue weighted by atomic mass is 10.1. The Morgan fingerprint density at radius 1 is 1.23 bits per heavy atom. The fraction of sp³-hybridized carbons (Fsp3) is 0.235. The minimum absolute atomic E-state index is 0.00423. The molecule has 1 aliphatic rings. The highest BCUT2D eigenvalue weighted by Crippen LogP contribution is 2.28. The molecule has 5 heteroatoms. The lowest BCUT2D eigenvalue weighted by Gasteiger charge is -2.27. The summed E-state index contributed by atoms with van der Waals surface area (Å²) >= 11 is 5.83. The number of rotatable bonds is 4. The third kappa shape index (κ3) is 3.71. The van der Waals surface area contributed by atoms with Gasteiger partial charge in [-0.2, -0.15) is 0 Å². The van der Waals surface area contributed by atoms with Gasteiger partial charge in [0.2, 0.25) is 5.91 Å². The van der Waals surface area contributed by atoms with Gasteiger partial charge in [-0.05, 0) is 29.8 Å². The maximum absolute atomic E-state index is 12.0. The summed E-state index contributed by atoms with van der Waals surface area (Å²) in [6, 6.07) is 15.2. The van der Waals surface area contributed by atoms with Crippen molar-refractivity contribution < 1.29 is 9.53 Å². The van der Waals surface area contributed by atoms with Gasteiger partial charge in [0.15, 0.2) is 0 Å². The number of hydrogen-bond donors (Lipinski definition) is 2. The molecule has 1 unspecified atom stereocenters. The summed E-state index contributed by atoms with van der Waals surface area (Å²) in [6.45, 7) is 0.992. The van der Waals surface area contributed by atoms with Crippen molar-refractivity contribution in [2.24, 2.45) is 0 Å². The Bertz CT molecular complexity index is 658. The van der Waals surface area contributed by atoms with Crippen molar-refractivity contribution in [2.75, 3.05) is 11.9 Å². The molecular weight excluding hydrogens is 300 g/mol. The van der Waals surface area contributed by atoms with Crippen LogP contribution in [0.1, 0.15) is 12.0 Å². The van der Waals surface area contributed by atoms with Crippen LogP contribution in [-0.4, -0.2) is 18.6 Å². The number of nitrogens with one attached hydrogen (secondary N) is 2. The SMILES string of the molecule is O=C(CC1COc2ccccc2N1)NCc1ccc(Cl)cc1. The zero-order chi connectivity index (χ0) is 15.4. The Kier molecular flexibility index (Phi) is 4.49. The lowest BCUT2D eigenvalue weighted by molar-refractivity contribution is -0.121. The summed E-state index contributed by atoms with van der Waals surface area (Å²) in [5.74, 6) is 0.829. The molecule has 1 atom stereocenters. The molecule has 0 saturated heterocycles. The number of ether oxygens (including phenoxy) is 1. The zero-order valence-electron chi connectivity index (χ0n) is 12.0. The van der Waals surface area contributed by atoms with Crippen LogP contribution in [0.2, 0.25) is 5.02 Å². The van der Waals surface area contributed by atoms with E-state index >= 15 is 0 Å². The Hall–Kier alpha value is -2.20. The normalized spacial score (nSPS) is 16.1. The Morgan fingerprint density at radius 2 is 2.00 bits per heavy atom. The van der Waals surface area contributed by atoms with E-state index in [1.807, 2.05) is 48.5 Å². The Labute approximate surface area is 134 Å². The first-order valence-electron chi connectivity index (χ1n) is 7.20. The first kappa shape index (κ1) is 14.7. The summed E-state index contributed by atoms with van der Waals surface area (Å²) in [5, 5.41) is 6.93. The second-order valence-corrected chi connectivity index (χ2v) is 5.69. The summed E-state index contributed by atoms with van der Waals surface area (Å²) in [4.78, 5) is 12.0. The van der Waals surface area contributed by atoms with Crippen LogP contribution in [-0.2, 0) is 11.3 Å². The van der Waals surface area contributed by atoms with Crippen LogP contribution in [0, 0.1) is 0 Å². The highest BCUT2D eigenvalue weighted by atomic mass is 35.5. The van der Waals surface area contributed by atoms with E-state index < -0.39 is 0 Å². The van der Waals surface area contributed by atoms with Gasteiger partial charge in [0.05, 0.1) is 18.2 Å². The van der Waals surface area contributed by atoms with Gasteiger partial charge in [-0.25, -0.2) is 0 Å². The molecule has 0 saturated carbocycles. The van der Waals surface area contributed by atoms with Crippen molar-refractivity contribution in [3.05, 3.63) is 59.1 Å². The van der Waals surface area contributed by atoms with Gasteiger partial charge >= 0.3 is 0 Å². The standard InChI is InChI=1S/C17H17ClN2O2/c18-13-7-5-12(6-8-13)10-19-17(21)9-14-11-22-16-4-2-1-3-15(16)20-14/h1-8,14,20H,9-11H2,(H,19,21). The maximum atomic E-state index is 12.0. The van der Waals surface area contributed by atoms with Gasteiger partial charge in [-0.1, -0.05) is 35.9 Å². The monoisotopic (exact) mass is 316 g/mol. The molecule has 22 heavy (non-hydrogen) atoms. The summed E-state index contributed by atoms with van der Waals surface area (Å²) < 4.78 is 5.66. The van der Waals surface area contributed by atoms with Crippen molar-refractivity contribution in [2.45, 2.75) is 19.0 Å². The molecule has 3 rings (SSSR count). The van der Waals surface area contributed by atoms with Crippen molar-refractivity contribution in [3.8, 4) is 5.75 Å². The van der Waals surface area contributed by atoms with Gasteiger partial charge in [0, 0.05) is 11.6 Å². The molecule has 0 fully saturated rings. The second-order valence-electron chi connectivity index (χ2n) is 5.26. The number of halogens is 1. The van der Waals surface area contributed by atoms with E-state index in [0.717, 1.165) is 17.0 Å². The molecule has 1 heterocycles. The van der Waals surface area contributed by atoms with Gasteiger partial charge in [0.1, 0.15) is 12.4 Å².